The van der Waals surface area contributed by atoms with Crippen molar-refractivity contribution in [1.29, 1.82) is 0 Å². The van der Waals surface area contributed by atoms with Crippen molar-refractivity contribution in [2.24, 2.45) is 0 Å². The van der Waals surface area contributed by atoms with Crippen LogP contribution < -0.4 is 10.2 Å². The summed E-state index contributed by atoms with van der Waals surface area (Å²) in [5, 5.41) is 5.28. The topological polar surface area (TPSA) is 41.1 Å². The SMILES string of the molecule is CC.CNc1ncc(Cl)cc1C.S=Cc1ccc(N2CCCC2)nc1. The van der Waals surface area contributed by atoms with Gasteiger partial charge in [-0.3, -0.25) is 0 Å². The molecule has 0 spiro atoms. The Morgan fingerprint density at radius 1 is 1.16 bits per heavy atom. The van der Waals surface area contributed by atoms with Crippen LogP contribution in [0.2, 0.25) is 5.02 Å². The number of thiocarbonyl (C=S) groups is 1. The highest BCUT2D eigenvalue weighted by molar-refractivity contribution is 7.79. The first-order chi connectivity index (χ1) is 12.1. The third-order valence-corrected chi connectivity index (χ3v) is 4.10. The Hall–Kier alpha value is -1.72. The molecule has 1 aliphatic heterocycles. The van der Waals surface area contributed by atoms with Crippen LogP contribution in [0.1, 0.15) is 37.8 Å². The minimum atomic E-state index is 0.677. The summed E-state index contributed by atoms with van der Waals surface area (Å²) in [6.45, 7) is 8.25. The van der Waals surface area contributed by atoms with Crippen molar-refractivity contribution in [3.8, 4) is 0 Å². The summed E-state index contributed by atoms with van der Waals surface area (Å²) in [5.41, 5.74) is 2.08. The van der Waals surface area contributed by atoms with Gasteiger partial charge >= 0.3 is 0 Å². The number of nitrogens with one attached hydrogen (secondary N) is 1. The molecule has 136 valence electrons. The first-order valence-corrected chi connectivity index (χ1v) is 9.45. The fraction of sp³-hybridized carbons (Fsp3) is 0.421. The number of nitrogens with zero attached hydrogens (tertiary/aromatic N) is 3. The van der Waals surface area contributed by atoms with E-state index in [1.54, 1.807) is 11.6 Å². The number of pyridine rings is 2. The number of hydrogen-bond acceptors (Lipinski definition) is 5. The van der Waals surface area contributed by atoms with Crippen LogP contribution in [0.5, 0.6) is 0 Å². The van der Waals surface area contributed by atoms with Gasteiger partial charge in [0.2, 0.25) is 0 Å². The monoisotopic (exact) mass is 378 g/mol. The second kappa shape index (κ2) is 11.8. The number of rotatable bonds is 3. The zero-order valence-electron chi connectivity index (χ0n) is 15.4. The van der Waals surface area contributed by atoms with E-state index in [4.69, 9.17) is 23.8 Å². The van der Waals surface area contributed by atoms with Gasteiger partial charge in [0.15, 0.2) is 0 Å². The van der Waals surface area contributed by atoms with Crippen molar-refractivity contribution in [3.05, 3.63) is 46.7 Å². The summed E-state index contributed by atoms with van der Waals surface area (Å²) in [6.07, 6.45) is 6.04. The van der Waals surface area contributed by atoms with Crippen molar-refractivity contribution in [2.75, 3.05) is 30.4 Å². The molecule has 0 bridgehead atoms. The molecule has 0 amide bonds. The predicted molar refractivity (Wildman–Crippen MR) is 113 cm³/mol. The molecule has 4 nitrogen and oxygen atoms in total. The van der Waals surface area contributed by atoms with Crippen molar-refractivity contribution >= 4 is 40.8 Å². The Bertz CT molecular complexity index is 640. The van der Waals surface area contributed by atoms with Gasteiger partial charge in [0.25, 0.3) is 0 Å². The van der Waals surface area contributed by atoms with Crippen LogP contribution in [0.25, 0.3) is 0 Å². The number of anilines is 2. The van der Waals surface area contributed by atoms with E-state index in [1.165, 1.54) is 12.8 Å². The van der Waals surface area contributed by atoms with Crippen LogP contribution in [-0.4, -0.2) is 35.5 Å². The van der Waals surface area contributed by atoms with Gasteiger partial charge in [0.05, 0.1) is 5.02 Å². The summed E-state index contributed by atoms with van der Waals surface area (Å²) >= 11 is 10.5. The Labute approximate surface area is 161 Å². The Balaban J connectivity index is 0.000000235. The lowest BCUT2D eigenvalue weighted by Gasteiger charge is -2.15. The third-order valence-electron chi connectivity index (χ3n) is 3.62. The van der Waals surface area contributed by atoms with Crippen molar-refractivity contribution in [2.45, 2.75) is 33.6 Å². The molecule has 1 fully saturated rings. The Kier molecular flexibility index (Phi) is 10.0. The lowest BCUT2D eigenvalue weighted by atomic mass is 10.3. The van der Waals surface area contributed by atoms with Gasteiger partial charge in [0.1, 0.15) is 11.6 Å². The zero-order chi connectivity index (χ0) is 18.7. The molecule has 0 aromatic carbocycles. The lowest BCUT2D eigenvalue weighted by molar-refractivity contribution is 0.937. The average molecular weight is 379 g/mol. The molecule has 1 saturated heterocycles. The summed E-state index contributed by atoms with van der Waals surface area (Å²) in [4.78, 5) is 10.7. The van der Waals surface area contributed by atoms with Crippen LogP contribution in [-0.2, 0) is 0 Å². The van der Waals surface area contributed by atoms with Crippen LogP contribution in [0.3, 0.4) is 0 Å². The highest BCUT2D eigenvalue weighted by atomic mass is 35.5. The molecule has 0 radical (unpaired) electrons. The third kappa shape index (κ3) is 6.96. The highest BCUT2D eigenvalue weighted by Gasteiger charge is 2.12. The van der Waals surface area contributed by atoms with E-state index in [2.05, 4.69) is 20.2 Å². The van der Waals surface area contributed by atoms with Crippen LogP contribution in [0, 0.1) is 6.92 Å². The van der Waals surface area contributed by atoms with Crippen molar-refractivity contribution in [3.63, 3.8) is 0 Å². The molecule has 1 aliphatic rings. The molecule has 0 saturated carbocycles. The number of aromatic nitrogens is 2. The van der Waals surface area contributed by atoms with Crippen molar-refractivity contribution < 1.29 is 0 Å². The van der Waals surface area contributed by atoms with E-state index in [9.17, 15) is 0 Å². The predicted octanol–water partition coefficient (Wildman–Crippen LogP) is 5.14. The van der Waals surface area contributed by atoms with Crippen LogP contribution in [0.15, 0.2) is 30.6 Å². The van der Waals surface area contributed by atoms with Crippen LogP contribution >= 0.6 is 23.8 Å². The molecule has 1 N–H and O–H groups in total. The van der Waals surface area contributed by atoms with Gasteiger partial charge in [-0.25, -0.2) is 9.97 Å². The summed E-state index contributed by atoms with van der Waals surface area (Å²) in [5.74, 6) is 1.96. The van der Waals surface area contributed by atoms with Gasteiger partial charge in [-0.2, -0.15) is 0 Å². The maximum Gasteiger partial charge on any atom is 0.128 e. The van der Waals surface area contributed by atoms with E-state index in [-0.39, 0.29) is 0 Å². The molecule has 6 heteroatoms. The Morgan fingerprint density at radius 2 is 1.84 bits per heavy atom. The molecule has 25 heavy (non-hydrogen) atoms. The van der Waals surface area contributed by atoms with E-state index in [0.717, 1.165) is 35.9 Å². The molecule has 0 atom stereocenters. The van der Waals surface area contributed by atoms with Gasteiger partial charge < -0.3 is 10.2 Å². The summed E-state index contributed by atoms with van der Waals surface area (Å²) in [6, 6.07) is 5.94. The minimum absolute atomic E-state index is 0.677. The second-order valence-electron chi connectivity index (χ2n) is 5.33. The normalized spacial score (nSPS) is 12.4. The van der Waals surface area contributed by atoms with Gasteiger partial charge in [0, 0.05) is 43.5 Å². The summed E-state index contributed by atoms with van der Waals surface area (Å²) < 4.78 is 0. The number of halogens is 1. The molecule has 0 unspecified atom stereocenters. The van der Waals surface area contributed by atoms with E-state index in [1.807, 2.05) is 52.2 Å². The zero-order valence-corrected chi connectivity index (χ0v) is 17.0. The maximum atomic E-state index is 5.68. The smallest absolute Gasteiger partial charge is 0.128 e. The first kappa shape index (κ1) is 21.3. The maximum absolute atomic E-state index is 5.68. The molecular formula is C19H27ClN4S. The average Bonchev–Trinajstić information content (AvgIpc) is 3.19. The van der Waals surface area contributed by atoms with E-state index < -0.39 is 0 Å². The minimum Gasteiger partial charge on any atom is -0.373 e. The summed E-state index contributed by atoms with van der Waals surface area (Å²) in [7, 11) is 1.84. The van der Waals surface area contributed by atoms with Gasteiger partial charge in [-0.1, -0.05) is 37.7 Å². The van der Waals surface area contributed by atoms with Gasteiger partial charge in [-0.15, -0.1) is 0 Å². The molecule has 3 rings (SSSR count). The molecule has 3 heterocycles. The Morgan fingerprint density at radius 3 is 2.32 bits per heavy atom. The fourth-order valence-corrected chi connectivity index (χ4v) is 2.75. The van der Waals surface area contributed by atoms with Crippen molar-refractivity contribution in [1.82, 2.24) is 9.97 Å². The van der Waals surface area contributed by atoms with E-state index in [0.29, 0.717) is 5.02 Å². The standard InChI is InChI=1S/C10H12N2S.C7H9ClN2.C2H6/c13-8-9-3-4-10(11-7-9)12-5-1-2-6-12;1-5-3-6(8)4-10-7(5)9-2;1-2/h3-4,7-8H,1-2,5-6H2;3-4H,1-2H3,(H,9,10);1-2H3. The number of hydrogen-bond donors (Lipinski definition) is 1. The number of aryl methyl sites for hydroxylation is 1. The first-order valence-electron chi connectivity index (χ1n) is 8.60. The molecule has 2 aromatic heterocycles. The van der Waals surface area contributed by atoms with E-state index >= 15 is 0 Å². The largest absolute Gasteiger partial charge is 0.373 e. The van der Waals surface area contributed by atoms with Gasteiger partial charge in [-0.05, 0) is 43.5 Å². The molecule has 0 aliphatic carbocycles. The highest BCUT2D eigenvalue weighted by Crippen LogP contribution is 2.17. The quantitative estimate of drug-likeness (QED) is 0.749. The molecular weight excluding hydrogens is 352 g/mol. The molecule has 2 aromatic rings. The second-order valence-corrected chi connectivity index (χ2v) is 6.00. The fourth-order valence-electron chi connectivity index (χ4n) is 2.40. The lowest BCUT2D eigenvalue weighted by Crippen LogP contribution is -2.18. The van der Waals surface area contributed by atoms with Crippen LogP contribution in [0.4, 0.5) is 11.6 Å².